The van der Waals surface area contributed by atoms with Crippen molar-refractivity contribution in [3.8, 4) is 0 Å². The first-order valence-electron chi connectivity index (χ1n) is 51.8. The second kappa shape index (κ2) is 44.0. The van der Waals surface area contributed by atoms with Crippen molar-refractivity contribution in [2.75, 3.05) is 13.2 Å². The minimum absolute atomic E-state index is 0.0197. The first-order valence-corrected chi connectivity index (χ1v) is 51.8. The molecule has 0 radical (unpaired) electrons. The molecule has 14 unspecified atom stereocenters. The Morgan fingerprint density at radius 2 is 0.659 bits per heavy atom. The standard InChI is InChI=1S/2C17H24O9.2C16H26O4.C15H28O2.C13H24O2.C12H22O2/c2*1-6-16(2,3)15(20)21-7-8(18)22-11-9-10(23-13(11)19)12-14(24-9)26-17(4,5)25-12;2*1-4-13(2,3)12(17)20-16-7-11-5-14(18,9-16)8-15(19,6-11)10-16;1-6-14(2,3)13(16)17-15(4,5)12-10-8-7-9-11-12;1-5-12(3,4)11(14)15-13(6-2)9-7-8-10-13;1-4-12(2,3)11(13)14-10-8-6-5-7-9-10/h2*9-12,14H,6-7H2,1-5H3;2*11,18-19H,4-10H2,1-3H3;12H,6-11H2,1-5H3;5-10H2,1-4H3;10H,4-9H2,1-3H3. The highest BCUT2D eigenvalue weighted by atomic mass is 16.9. The maximum absolute atomic E-state index is 12.4. The molecule has 0 aromatic rings. The number of hydrogen-bond acceptors (Lipinski definition) is 32. The quantitative estimate of drug-likeness (QED) is 0.0438. The van der Waals surface area contributed by atoms with Crippen LogP contribution >= 0.6 is 0 Å². The van der Waals surface area contributed by atoms with Crippen LogP contribution in [0.15, 0.2) is 0 Å². The molecule has 0 spiro atoms. The van der Waals surface area contributed by atoms with Gasteiger partial charge in [-0.25, -0.2) is 19.2 Å². The van der Waals surface area contributed by atoms with Crippen molar-refractivity contribution in [2.45, 2.75) is 536 Å². The molecule has 11 aliphatic carbocycles. The zero-order valence-electron chi connectivity index (χ0n) is 88.8. The normalized spacial score (nSPS) is 33.1. The van der Waals surface area contributed by atoms with Gasteiger partial charge in [0.2, 0.25) is 12.2 Å². The van der Waals surface area contributed by atoms with Crippen LogP contribution in [0.5, 0.6) is 0 Å². The number of carbonyl (C=O) groups excluding carboxylic acids is 11. The molecule has 17 rings (SSSR count). The van der Waals surface area contributed by atoms with Gasteiger partial charge in [-0.05, 0) is 310 Å². The molecule has 138 heavy (non-hydrogen) atoms. The molecule has 17 fully saturated rings. The van der Waals surface area contributed by atoms with Gasteiger partial charge in [0.15, 0.2) is 61.8 Å². The lowest BCUT2D eigenvalue weighted by Gasteiger charge is -2.62. The highest BCUT2D eigenvalue weighted by Crippen LogP contribution is 2.63. The molecule has 14 atom stereocenters. The SMILES string of the molecule is CCC(C)(C)C(=O)OC(C)(C)C1CCCCC1.CCC(C)(C)C(=O)OC12CC3CC(O)(CC(O)(C3)C1)C2.CCC(C)(C)C(=O)OC12CC3CC(O)(CC(O)(C3)C1)C2.CCC(C)(C)C(=O)OC1CCCCC1.CCC(C)(C)C(=O)OCC(=O)OC1C(=O)OC2C3OC(C)(C)OC3OC12.CCC(C)(C)C(=O)OCC(=O)OC1C(=O)OC2C3OC(C)(C)OC3OC12.CCC1(OC(=O)C(C)(C)CC)CCCC1. The maximum atomic E-state index is 12.4. The van der Waals surface area contributed by atoms with Crippen molar-refractivity contribution in [1.29, 1.82) is 0 Å². The molecule has 0 aromatic carbocycles. The predicted molar refractivity (Wildman–Crippen MR) is 504 cm³/mol. The number of aliphatic hydroxyl groups is 4. The molecule has 790 valence electrons. The second-order valence-corrected chi connectivity index (χ2v) is 48.8. The van der Waals surface area contributed by atoms with Crippen LogP contribution in [0.25, 0.3) is 0 Å². The monoisotopic (exact) mass is 1960 g/mol. The fourth-order valence-corrected chi connectivity index (χ4v) is 21.7. The van der Waals surface area contributed by atoms with Gasteiger partial charge in [0.05, 0.1) is 60.3 Å². The smallest absolute Gasteiger partial charge is 0.350 e. The topological polar surface area (TPSA) is 426 Å². The van der Waals surface area contributed by atoms with Crippen molar-refractivity contribution < 1.29 is 154 Å². The minimum Gasteiger partial charge on any atom is -0.462 e. The van der Waals surface area contributed by atoms with E-state index >= 15 is 0 Å². The van der Waals surface area contributed by atoms with Crippen LogP contribution in [0.4, 0.5) is 0 Å². The van der Waals surface area contributed by atoms with Crippen LogP contribution in [-0.4, -0.2) is 223 Å². The Hall–Kier alpha value is -6.23. The summed E-state index contributed by atoms with van der Waals surface area (Å²) in [7, 11) is 0. The number of carbonyl (C=O) groups is 11. The summed E-state index contributed by atoms with van der Waals surface area (Å²) in [4.78, 5) is 132. The molecule has 6 aliphatic heterocycles. The molecule has 32 heteroatoms. The molecule has 8 bridgehead atoms. The Morgan fingerprint density at radius 3 is 0.986 bits per heavy atom. The third kappa shape index (κ3) is 28.5. The van der Waals surface area contributed by atoms with E-state index < -0.39 is 177 Å². The fourth-order valence-electron chi connectivity index (χ4n) is 21.7. The van der Waals surface area contributed by atoms with E-state index in [0.717, 1.165) is 103 Å². The van der Waals surface area contributed by atoms with E-state index in [2.05, 4.69) is 20.8 Å². The van der Waals surface area contributed by atoms with Gasteiger partial charge in [-0.15, -0.1) is 0 Å². The third-order valence-corrected chi connectivity index (χ3v) is 32.6. The Balaban J connectivity index is 0.000000182. The first kappa shape index (κ1) is 115. The highest BCUT2D eigenvalue weighted by Gasteiger charge is 2.69. The summed E-state index contributed by atoms with van der Waals surface area (Å²) in [5, 5.41) is 42.6. The zero-order valence-corrected chi connectivity index (χ0v) is 88.8. The van der Waals surface area contributed by atoms with Crippen LogP contribution in [-0.2, 0) is 133 Å². The molecule has 4 N–H and O–H groups in total. The number of fused-ring (bicyclic) bond motifs is 6. The van der Waals surface area contributed by atoms with Crippen molar-refractivity contribution in [1.82, 2.24) is 0 Å². The Bertz CT molecular complexity index is 4000. The van der Waals surface area contributed by atoms with E-state index in [4.69, 9.17) is 80.5 Å². The molecule has 11 saturated carbocycles. The summed E-state index contributed by atoms with van der Waals surface area (Å²) in [6.45, 7) is 51.9. The fraction of sp³-hybridized carbons (Fsp3) is 0.896. The van der Waals surface area contributed by atoms with Crippen LogP contribution in [0.1, 0.15) is 412 Å². The largest absolute Gasteiger partial charge is 0.462 e. The zero-order chi connectivity index (χ0) is 103. The first-order chi connectivity index (χ1) is 63.6. The van der Waals surface area contributed by atoms with Crippen LogP contribution in [0, 0.1) is 55.7 Å². The molecule has 17 aliphatic rings. The maximum Gasteiger partial charge on any atom is 0.350 e. The Kier molecular flexibility index (Phi) is 36.8. The summed E-state index contributed by atoms with van der Waals surface area (Å²) in [6.07, 6.45) is 22.2. The lowest BCUT2D eigenvalue weighted by atomic mass is 9.50. The number of rotatable bonds is 27. The third-order valence-electron chi connectivity index (χ3n) is 32.6. The number of hydrogen-bond donors (Lipinski definition) is 4. The summed E-state index contributed by atoms with van der Waals surface area (Å²) >= 11 is 0. The van der Waals surface area contributed by atoms with Crippen LogP contribution in [0.3, 0.4) is 0 Å². The average Bonchev–Trinajstić information content (AvgIpc) is 0.961. The van der Waals surface area contributed by atoms with E-state index in [1.54, 1.807) is 55.4 Å². The molecule has 0 aromatic heterocycles. The molecule has 32 nitrogen and oxygen atoms in total. The van der Waals surface area contributed by atoms with Gasteiger partial charge >= 0.3 is 65.7 Å². The van der Waals surface area contributed by atoms with Crippen LogP contribution in [0.2, 0.25) is 0 Å². The van der Waals surface area contributed by atoms with E-state index in [1.165, 1.54) is 64.2 Å². The van der Waals surface area contributed by atoms with E-state index in [0.29, 0.717) is 57.3 Å². The molecule has 0 amide bonds. The second-order valence-electron chi connectivity index (χ2n) is 48.8. The van der Waals surface area contributed by atoms with Crippen LogP contribution < -0.4 is 0 Å². The van der Waals surface area contributed by atoms with Crippen molar-refractivity contribution >= 4 is 65.7 Å². The highest BCUT2D eigenvalue weighted by molar-refractivity contribution is 5.86. The summed E-state index contributed by atoms with van der Waals surface area (Å²) in [5.74, 6) is -5.26. The number of ether oxygens (including phenoxy) is 17. The lowest BCUT2D eigenvalue weighted by Crippen LogP contribution is -2.67. The van der Waals surface area contributed by atoms with Gasteiger partial charge in [0.1, 0.15) is 40.7 Å². The molecular formula is C106H174O32. The van der Waals surface area contributed by atoms with E-state index in [-0.39, 0.29) is 75.2 Å². The van der Waals surface area contributed by atoms with Gasteiger partial charge in [-0.2, -0.15) is 0 Å². The molecule has 6 heterocycles. The van der Waals surface area contributed by atoms with Gasteiger partial charge in [-0.1, -0.05) is 81.1 Å². The Labute approximate surface area is 820 Å². The Morgan fingerprint density at radius 1 is 0.348 bits per heavy atom. The molecular weight excluding hydrogens is 1790 g/mol. The van der Waals surface area contributed by atoms with E-state index in [9.17, 15) is 73.2 Å². The minimum atomic E-state index is -1.24. The lowest BCUT2D eigenvalue weighted by molar-refractivity contribution is -0.265. The van der Waals surface area contributed by atoms with Crippen molar-refractivity contribution in [3.05, 3.63) is 0 Å². The average molecular weight is 1960 g/mol. The van der Waals surface area contributed by atoms with Gasteiger partial charge in [0.25, 0.3) is 0 Å². The van der Waals surface area contributed by atoms with Gasteiger partial charge in [0, 0.05) is 38.5 Å². The van der Waals surface area contributed by atoms with E-state index in [1.807, 2.05) is 118 Å². The van der Waals surface area contributed by atoms with Crippen molar-refractivity contribution in [3.63, 3.8) is 0 Å². The summed E-state index contributed by atoms with van der Waals surface area (Å²) < 4.78 is 93.3. The van der Waals surface area contributed by atoms with Gasteiger partial charge < -0.3 is 101 Å². The van der Waals surface area contributed by atoms with Gasteiger partial charge in [-0.3, -0.25) is 33.6 Å². The molecule has 6 saturated heterocycles. The number of esters is 11. The summed E-state index contributed by atoms with van der Waals surface area (Å²) in [6, 6.07) is 0. The summed E-state index contributed by atoms with van der Waals surface area (Å²) in [5.41, 5.74) is -8.51. The predicted octanol–water partition coefficient (Wildman–Crippen LogP) is 17.0. The van der Waals surface area contributed by atoms with Crippen molar-refractivity contribution in [2.24, 2.45) is 55.7 Å².